The van der Waals surface area contributed by atoms with Gasteiger partial charge in [-0.1, -0.05) is 109 Å². The van der Waals surface area contributed by atoms with E-state index in [0.717, 1.165) is 5.69 Å². The quantitative estimate of drug-likeness (QED) is 0.205. The van der Waals surface area contributed by atoms with Crippen LogP contribution in [0.2, 0.25) is 0 Å². The Morgan fingerprint density at radius 2 is 0.860 bits per heavy atom. The summed E-state index contributed by atoms with van der Waals surface area (Å²) in [5.74, 6) is 0. The van der Waals surface area contributed by atoms with E-state index in [9.17, 15) is 0 Å². The van der Waals surface area contributed by atoms with E-state index in [1.54, 1.807) is 0 Å². The number of para-hydroxylation sites is 3. The van der Waals surface area contributed by atoms with E-state index in [0.29, 0.717) is 0 Å². The van der Waals surface area contributed by atoms with Crippen molar-refractivity contribution in [3.8, 4) is 11.1 Å². The average molecular weight is 546 g/mol. The second-order valence-electron chi connectivity index (χ2n) is 11.4. The van der Waals surface area contributed by atoms with Crippen molar-refractivity contribution in [1.82, 2.24) is 0 Å². The van der Waals surface area contributed by atoms with Gasteiger partial charge < -0.3 is 9.80 Å². The summed E-state index contributed by atoms with van der Waals surface area (Å²) in [5.41, 5.74) is 13.8. The highest BCUT2D eigenvalue weighted by Crippen LogP contribution is 2.43. The Morgan fingerprint density at radius 1 is 0.349 bits per heavy atom. The second kappa shape index (κ2) is 9.50. The molecule has 0 amide bonds. The number of fused-ring (bicyclic) bond motifs is 5. The van der Waals surface area contributed by atoms with Crippen LogP contribution in [0.1, 0.15) is 0 Å². The van der Waals surface area contributed by atoms with Gasteiger partial charge in [-0.15, -0.1) is 0 Å². The number of hydrogen-bond acceptors (Lipinski definition) is 2. The lowest BCUT2D eigenvalue weighted by atomic mass is 9.33. The average Bonchev–Trinajstić information content (AvgIpc) is 3.08. The third kappa shape index (κ3) is 3.68. The molecule has 2 aliphatic rings. The largest absolute Gasteiger partial charge is 0.311 e. The molecular formula is C40H27BN2. The molecule has 43 heavy (non-hydrogen) atoms. The monoisotopic (exact) mass is 546 g/mol. The molecule has 0 saturated carbocycles. The molecule has 0 aromatic heterocycles. The zero-order chi connectivity index (χ0) is 28.3. The molecule has 3 heteroatoms. The standard InChI is InChI=1S/C40H27BN2/c1-2-13-32(14-3-1)42-36-17-8-6-15-34(36)41-35-16-7-9-18-37(35)43(39-20-10-19-38(42)40(39)41)33-25-23-29(24-26-33)31-22-21-28-11-4-5-12-30(28)27-31/h1-27H. The highest BCUT2D eigenvalue weighted by atomic mass is 15.2. The topological polar surface area (TPSA) is 6.48 Å². The Labute approximate surface area is 252 Å². The van der Waals surface area contributed by atoms with Gasteiger partial charge in [0.2, 0.25) is 0 Å². The SMILES string of the molecule is c1ccc(N2c3ccccc3B3c4ccccc4N(c4ccc(-c5ccc6ccccc6c5)cc4)c4cccc2c43)cc1. The van der Waals surface area contributed by atoms with Crippen molar-refractivity contribution in [1.29, 1.82) is 0 Å². The maximum atomic E-state index is 2.45. The fourth-order valence-electron chi connectivity index (χ4n) is 7.14. The van der Waals surface area contributed by atoms with Gasteiger partial charge in [0.1, 0.15) is 0 Å². The van der Waals surface area contributed by atoms with E-state index in [4.69, 9.17) is 0 Å². The molecule has 2 aliphatic heterocycles. The van der Waals surface area contributed by atoms with Crippen LogP contribution in [0.4, 0.5) is 34.1 Å². The van der Waals surface area contributed by atoms with Crippen LogP contribution in [0.5, 0.6) is 0 Å². The molecule has 7 aromatic rings. The number of anilines is 6. The Bertz CT molecular complexity index is 2150. The summed E-state index contributed by atoms with van der Waals surface area (Å²) in [7, 11) is 0. The van der Waals surface area contributed by atoms with Gasteiger partial charge in [-0.2, -0.15) is 0 Å². The Balaban J connectivity index is 1.23. The lowest BCUT2D eigenvalue weighted by Crippen LogP contribution is -2.61. The van der Waals surface area contributed by atoms with Crippen LogP contribution in [-0.4, -0.2) is 6.71 Å². The zero-order valence-electron chi connectivity index (χ0n) is 23.6. The van der Waals surface area contributed by atoms with E-state index in [1.165, 1.54) is 66.7 Å². The smallest absolute Gasteiger partial charge is 0.252 e. The van der Waals surface area contributed by atoms with Gasteiger partial charge in [-0.3, -0.25) is 0 Å². The Morgan fingerprint density at radius 3 is 1.53 bits per heavy atom. The zero-order valence-corrected chi connectivity index (χ0v) is 23.6. The number of benzene rings is 7. The van der Waals surface area contributed by atoms with Gasteiger partial charge in [0.25, 0.3) is 6.71 Å². The minimum Gasteiger partial charge on any atom is -0.311 e. The van der Waals surface area contributed by atoms with Gasteiger partial charge in [0.05, 0.1) is 0 Å². The van der Waals surface area contributed by atoms with Crippen molar-refractivity contribution in [3.63, 3.8) is 0 Å². The third-order valence-electron chi connectivity index (χ3n) is 9.03. The van der Waals surface area contributed by atoms with Crippen molar-refractivity contribution in [2.45, 2.75) is 0 Å². The summed E-state index contributed by atoms with van der Waals surface area (Å²) in [6.45, 7) is 0.159. The van der Waals surface area contributed by atoms with Crippen LogP contribution < -0.4 is 26.2 Å². The van der Waals surface area contributed by atoms with Crippen LogP contribution >= 0.6 is 0 Å². The summed E-state index contributed by atoms with van der Waals surface area (Å²) in [6.07, 6.45) is 0. The van der Waals surface area contributed by atoms with E-state index in [-0.39, 0.29) is 6.71 Å². The minimum atomic E-state index is 0.159. The Hall–Kier alpha value is -5.54. The fourth-order valence-corrected chi connectivity index (χ4v) is 7.14. The predicted molar refractivity (Wildman–Crippen MR) is 183 cm³/mol. The lowest BCUT2D eigenvalue weighted by molar-refractivity contribution is 1.25. The van der Waals surface area contributed by atoms with Crippen molar-refractivity contribution >= 4 is 68.0 Å². The molecule has 0 fully saturated rings. The fraction of sp³-hybridized carbons (Fsp3) is 0. The summed E-state index contributed by atoms with van der Waals surface area (Å²) in [4.78, 5) is 4.88. The predicted octanol–water partition coefficient (Wildman–Crippen LogP) is 8.59. The summed E-state index contributed by atoms with van der Waals surface area (Å²) in [6, 6.07) is 59.7. The Kier molecular flexibility index (Phi) is 5.33. The molecule has 0 atom stereocenters. The summed E-state index contributed by atoms with van der Waals surface area (Å²) in [5, 5.41) is 2.53. The molecule has 0 saturated heterocycles. The molecule has 2 heterocycles. The normalized spacial score (nSPS) is 13.0. The molecule has 200 valence electrons. The number of nitrogens with zero attached hydrogens (tertiary/aromatic N) is 2. The van der Waals surface area contributed by atoms with Crippen LogP contribution in [0, 0.1) is 0 Å². The van der Waals surface area contributed by atoms with Gasteiger partial charge in [-0.05, 0) is 92.9 Å². The maximum absolute atomic E-state index is 2.45. The van der Waals surface area contributed by atoms with Gasteiger partial charge in [0, 0.05) is 34.1 Å². The molecule has 0 bridgehead atoms. The molecular weight excluding hydrogens is 519 g/mol. The van der Waals surface area contributed by atoms with Crippen LogP contribution in [0.25, 0.3) is 21.9 Å². The minimum absolute atomic E-state index is 0.159. The van der Waals surface area contributed by atoms with E-state index in [2.05, 4.69) is 174 Å². The first-order chi connectivity index (χ1) is 21.3. The summed E-state index contributed by atoms with van der Waals surface area (Å²) < 4.78 is 0. The van der Waals surface area contributed by atoms with E-state index in [1.807, 2.05) is 0 Å². The van der Waals surface area contributed by atoms with Crippen LogP contribution in [-0.2, 0) is 0 Å². The molecule has 0 aliphatic carbocycles. The number of rotatable bonds is 3. The molecule has 0 unspecified atom stereocenters. The number of hydrogen-bond donors (Lipinski definition) is 0. The molecule has 9 rings (SSSR count). The second-order valence-corrected chi connectivity index (χ2v) is 11.4. The molecule has 2 nitrogen and oxygen atoms in total. The maximum Gasteiger partial charge on any atom is 0.252 e. The lowest BCUT2D eigenvalue weighted by Gasteiger charge is -2.44. The van der Waals surface area contributed by atoms with Crippen molar-refractivity contribution in [2.75, 3.05) is 9.80 Å². The van der Waals surface area contributed by atoms with Crippen molar-refractivity contribution in [2.24, 2.45) is 0 Å². The van der Waals surface area contributed by atoms with Gasteiger partial charge >= 0.3 is 0 Å². The first kappa shape index (κ1) is 24.1. The third-order valence-corrected chi connectivity index (χ3v) is 9.03. The molecule has 0 spiro atoms. The summed E-state index contributed by atoms with van der Waals surface area (Å²) >= 11 is 0. The van der Waals surface area contributed by atoms with E-state index >= 15 is 0 Å². The van der Waals surface area contributed by atoms with E-state index < -0.39 is 0 Å². The van der Waals surface area contributed by atoms with Crippen LogP contribution in [0.3, 0.4) is 0 Å². The first-order valence-corrected chi connectivity index (χ1v) is 14.9. The molecule has 7 aromatic carbocycles. The van der Waals surface area contributed by atoms with Gasteiger partial charge in [-0.25, -0.2) is 0 Å². The first-order valence-electron chi connectivity index (χ1n) is 14.9. The van der Waals surface area contributed by atoms with Crippen LogP contribution in [0.15, 0.2) is 164 Å². The highest BCUT2D eigenvalue weighted by Gasteiger charge is 2.42. The van der Waals surface area contributed by atoms with Crippen molar-refractivity contribution < 1.29 is 0 Å². The van der Waals surface area contributed by atoms with Crippen molar-refractivity contribution in [3.05, 3.63) is 164 Å². The van der Waals surface area contributed by atoms with Gasteiger partial charge in [0.15, 0.2) is 0 Å². The molecule has 0 radical (unpaired) electrons. The molecule has 0 N–H and O–H groups in total. The highest BCUT2D eigenvalue weighted by molar-refractivity contribution is 7.00.